The summed E-state index contributed by atoms with van der Waals surface area (Å²) in [6.07, 6.45) is 0. The Morgan fingerprint density at radius 3 is 3.22 bits per heavy atom. The van der Waals surface area contributed by atoms with E-state index in [1.807, 2.05) is 24.4 Å². The second-order valence-electron chi connectivity index (χ2n) is 3.44. The molecule has 96 valence electrons. The van der Waals surface area contributed by atoms with Crippen molar-refractivity contribution < 1.29 is 4.79 Å². The number of carbonyl (C=O) groups is 1. The zero-order valence-corrected chi connectivity index (χ0v) is 11.5. The van der Waals surface area contributed by atoms with Crippen LogP contribution in [0.5, 0.6) is 0 Å². The van der Waals surface area contributed by atoms with E-state index in [4.69, 9.17) is 0 Å². The number of amides is 1. The second-order valence-corrected chi connectivity index (χ2v) is 5.42. The third-order valence-electron chi connectivity index (χ3n) is 2.09. The molecule has 0 unspecified atom stereocenters. The Bertz CT molecular complexity index is 496. The molecule has 18 heavy (non-hydrogen) atoms. The molecule has 0 fully saturated rings. The highest BCUT2D eigenvalue weighted by molar-refractivity contribution is 7.99. The first-order chi connectivity index (χ1) is 8.79. The van der Waals surface area contributed by atoms with Gasteiger partial charge in [0.1, 0.15) is 0 Å². The zero-order chi connectivity index (χ0) is 12.8. The lowest BCUT2D eigenvalue weighted by atomic mass is 10.5. The maximum Gasteiger partial charge on any atom is 0.230 e. The number of hydrogen-bond acceptors (Lipinski definition) is 6. The van der Waals surface area contributed by atoms with Gasteiger partial charge in [0, 0.05) is 11.4 Å². The van der Waals surface area contributed by atoms with Gasteiger partial charge in [0.25, 0.3) is 0 Å². The average molecular weight is 283 g/mol. The van der Waals surface area contributed by atoms with Gasteiger partial charge in [-0.15, -0.1) is 16.4 Å². The molecule has 0 aliphatic heterocycles. The summed E-state index contributed by atoms with van der Waals surface area (Å²) in [5, 5.41) is 16.9. The van der Waals surface area contributed by atoms with Crippen molar-refractivity contribution in [2.24, 2.45) is 0 Å². The molecule has 0 radical (unpaired) electrons. The molecule has 2 aromatic rings. The van der Waals surface area contributed by atoms with Crippen LogP contribution in [0.4, 0.5) is 0 Å². The van der Waals surface area contributed by atoms with Crippen LogP contribution in [0.2, 0.25) is 0 Å². The first-order valence-corrected chi connectivity index (χ1v) is 7.34. The first-order valence-electron chi connectivity index (χ1n) is 5.47. The molecule has 8 heteroatoms. The molecule has 0 aromatic carbocycles. The first kappa shape index (κ1) is 13.0. The van der Waals surface area contributed by atoms with Gasteiger partial charge in [-0.3, -0.25) is 4.79 Å². The number of thioether (sulfide) groups is 1. The lowest BCUT2D eigenvalue weighted by Gasteiger charge is -2.03. The Morgan fingerprint density at radius 2 is 2.50 bits per heavy atom. The van der Waals surface area contributed by atoms with Crippen LogP contribution in [-0.2, 0) is 11.3 Å². The maximum atomic E-state index is 11.4. The van der Waals surface area contributed by atoms with E-state index >= 15 is 0 Å². The van der Waals surface area contributed by atoms with Crippen LogP contribution < -0.4 is 5.32 Å². The number of aromatic nitrogens is 4. The summed E-state index contributed by atoms with van der Waals surface area (Å²) in [5.41, 5.74) is 0. The molecule has 0 bridgehead atoms. The lowest BCUT2D eigenvalue weighted by molar-refractivity contribution is -0.118. The van der Waals surface area contributed by atoms with Gasteiger partial charge in [0.05, 0.1) is 12.3 Å². The van der Waals surface area contributed by atoms with Gasteiger partial charge in [0.15, 0.2) is 0 Å². The number of carbonyl (C=O) groups excluding carboxylic acids is 1. The van der Waals surface area contributed by atoms with E-state index in [0.717, 1.165) is 0 Å². The fraction of sp³-hybridized carbons (Fsp3) is 0.400. The van der Waals surface area contributed by atoms with Gasteiger partial charge in [-0.2, -0.15) is 0 Å². The number of nitrogens with one attached hydrogen (secondary N) is 1. The normalized spacial score (nSPS) is 10.5. The Morgan fingerprint density at radius 1 is 1.61 bits per heavy atom. The third kappa shape index (κ3) is 3.54. The molecule has 0 atom stereocenters. The molecule has 0 saturated carbocycles. The van der Waals surface area contributed by atoms with E-state index < -0.39 is 0 Å². The van der Waals surface area contributed by atoms with Gasteiger partial charge in [-0.05, 0) is 28.8 Å². The van der Waals surface area contributed by atoms with E-state index in [1.54, 1.807) is 16.0 Å². The topological polar surface area (TPSA) is 72.7 Å². The number of nitrogens with zero attached hydrogens (tertiary/aromatic N) is 4. The summed E-state index contributed by atoms with van der Waals surface area (Å²) < 4.78 is 1.70. The monoisotopic (exact) mass is 283 g/mol. The predicted octanol–water partition coefficient (Wildman–Crippen LogP) is 1.01. The molecule has 0 saturated heterocycles. The number of thiophene rings is 1. The summed E-state index contributed by atoms with van der Waals surface area (Å²) in [5.74, 6) is 0.326. The Hall–Kier alpha value is -1.41. The molecule has 6 nitrogen and oxygen atoms in total. The van der Waals surface area contributed by atoms with Crippen molar-refractivity contribution >= 4 is 29.0 Å². The van der Waals surface area contributed by atoms with E-state index in [0.29, 0.717) is 24.0 Å². The van der Waals surface area contributed by atoms with E-state index in [2.05, 4.69) is 20.8 Å². The highest BCUT2D eigenvalue weighted by Crippen LogP contribution is 2.16. The van der Waals surface area contributed by atoms with Crippen LogP contribution in [-0.4, -0.2) is 38.4 Å². The molecular formula is C10H13N5OS2. The number of rotatable bonds is 6. The Balaban J connectivity index is 1.93. The second kappa shape index (κ2) is 6.50. The SMILES string of the molecule is CCNC(=O)CSc1nnnn1Cc1cccs1. The molecule has 2 aromatic heterocycles. The smallest absolute Gasteiger partial charge is 0.230 e. The van der Waals surface area contributed by atoms with Crippen LogP contribution in [0.1, 0.15) is 11.8 Å². The minimum atomic E-state index is -0.00632. The number of hydrogen-bond donors (Lipinski definition) is 1. The fourth-order valence-corrected chi connectivity index (χ4v) is 2.72. The van der Waals surface area contributed by atoms with E-state index in [9.17, 15) is 4.79 Å². The third-order valence-corrected chi connectivity index (χ3v) is 3.91. The summed E-state index contributed by atoms with van der Waals surface area (Å²) >= 11 is 3.00. The van der Waals surface area contributed by atoms with Crippen LogP contribution in [0, 0.1) is 0 Å². The Kier molecular flexibility index (Phi) is 4.71. The van der Waals surface area contributed by atoms with Crippen molar-refractivity contribution in [1.82, 2.24) is 25.5 Å². The van der Waals surface area contributed by atoms with Crippen molar-refractivity contribution in [3.05, 3.63) is 22.4 Å². The van der Waals surface area contributed by atoms with Crippen molar-refractivity contribution in [2.45, 2.75) is 18.6 Å². The summed E-state index contributed by atoms with van der Waals surface area (Å²) in [7, 11) is 0. The highest BCUT2D eigenvalue weighted by atomic mass is 32.2. The molecule has 0 spiro atoms. The van der Waals surface area contributed by atoms with Crippen molar-refractivity contribution in [1.29, 1.82) is 0 Å². The minimum absolute atomic E-state index is 0.00632. The molecule has 1 amide bonds. The van der Waals surface area contributed by atoms with Crippen molar-refractivity contribution in [3.8, 4) is 0 Å². The predicted molar refractivity (Wildman–Crippen MR) is 70.6 cm³/mol. The van der Waals surface area contributed by atoms with Gasteiger partial charge in [0.2, 0.25) is 11.1 Å². The fourth-order valence-electron chi connectivity index (χ4n) is 1.33. The quantitative estimate of drug-likeness (QED) is 0.801. The summed E-state index contributed by atoms with van der Waals surface area (Å²) in [6, 6.07) is 4.02. The molecule has 2 heterocycles. The molecule has 0 aliphatic carbocycles. The minimum Gasteiger partial charge on any atom is -0.356 e. The lowest BCUT2D eigenvalue weighted by Crippen LogP contribution is -2.24. The van der Waals surface area contributed by atoms with Crippen LogP contribution in [0.3, 0.4) is 0 Å². The highest BCUT2D eigenvalue weighted by Gasteiger charge is 2.10. The maximum absolute atomic E-state index is 11.4. The van der Waals surface area contributed by atoms with Crippen molar-refractivity contribution in [2.75, 3.05) is 12.3 Å². The summed E-state index contributed by atoms with van der Waals surface area (Å²) in [6.45, 7) is 3.17. The molecular weight excluding hydrogens is 270 g/mol. The van der Waals surface area contributed by atoms with E-state index in [1.165, 1.54) is 16.6 Å². The average Bonchev–Trinajstić information content (AvgIpc) is 2.99. The standard InChI is InChI=1S/C10H13N5OS2/c1-2-11-9(16)7-18-10-12-13-14-15(10)6-8-4-3-5-17-8/h3-5H,2,6-7H2,1H3,(H,11,16). The van der Waals surface area contributed by atoms with Crippen molar-refractivity contribution in [3.63, 3.8) is 0 Å². The van der Waals surface area contributed by atoms with Gasteiger partial charge >= 0.3 is 0 Å². The zero-order valence-electron chi connectivity index (χ0n) is 9.87. The molecule has 1 N–H and O–H groups in total. The van der Waals surface area contributed by atoms with Crippen LogP contribution in [0.15, 0.2) is 22.7 Å². The Labute approximate surface area is 113 Å². The molecule has 2 rings (SSSR count). The molecule has 0 aliphatic rings. The van der Waals surface area contributed by atoms with Crippen LogP contribution in [0.25, 0.3) is 0 Å². The summed E-state index contributed by atoms with van der Waals surface area (Å²) in [4.78, 5) is 12.5. The van der Waals surface area contributed by atoms with Crippen LogP contribution >= 0.6 is 23.1 Å². The van der Waals surface area contributed by atoms with Gasteiger partial charge < -0.3 is 5.32 Å². The van der Waals surface area contributed by atoms with Gasteiger partial charge in [-0.25, -0.2) is 4.68 Å². The number of tetrazole rings is 1. The largest absolute Gasteiger partial charge is 0.356 e. The van der Waals surface area contributed by atoms with E-state index in [-0.39, 0.29) is 5.91 Å². The van der Waals surface area contributed by atoms with Gasteiger partial charge in [-0.1, -0.05) is 17.8 Å².